The second-order valence-corrected chi connectivity index (χ2v) is 8.51. The number of anilines is 1. The number of carbonyl (C=O) groups is 1. The van der Waals surface area contributed by atoms with Gasteiger partial charge in [-0.15, -0.1) is 11.3 Å². The van der Waals surface area contributed by atoms with Crippen molar-refractivity contribution in [2.24, 2.45) is 0 Å². The number of nitrogens with zero attached hydrogens (tertiary/aromatic N) is 2. The summed E-state index contributed by atoms with van der Waals surface area (Å²) in [5.74, 6) is 0.0719. The lowest BCUT2D eigenvalue weighted by Gasteiger charge is -2.23. The fourth-order valence-corrected chi connectivity index (χ4v) is 4.81. The molecule has 0 saturated heterocycles. The van der Waals surface area contributed by atoms with Gasteiger partial charge >= 0.3 is 0 Å². The van der Waals surface area contributed by atoms with Crippen LogP contribution in [0.3, 0.4) is 0 Å². The molecule has 5 heteroatoms. The van der Waals surface area contributed by atoms with Crippen LogP contribution in [0.4, 0.5) is 5.69 Å². The molecule has 0 spiro atoms. The lowest BCUT2D eigenvalue weighted by Crippen LogP contribution is -2.34. The highest BCUT2D eigenvalue weighted by Crippen LogP contribution is 2.38. The molecule has 1 aliphatic heterocycles. The van der Waals surface area contributed by atoms with Crippen LogP contribution in [0.2, 0.25) is 0 Å². The third kappa shape index (κ3) is 3.79. The fraction of sp³-hybridized carbons (Fsp3) is 0.476. The number of thiophene rings is 1. The standard InChI is InChI=1S/C21H27N3OS/c1-3-23(18-6-4-5-15(2)11-18)10-9-22-21(25)19-12-16-13-24(17-7-8-17)14-20(16)26-19/h4-6,11-12,17H,3,7-10,13-14H2,1-2H3,(H,22,25). The zero-order valence-corrected chi connectivity index (χ0v) is 16.4. The Labute approximate surface area is 159 Å². The first-order valence-electron chi connectivity index (χ1n) is 9.59. The van der Waals surface area contributed by atoms with E-state index in [0.29, 0.717) is 6.54 Å². The highest BCUT2D eigenvalue weighted by molar-refractivity contribution is 7.14. The van der Waals surface area contributed by atoms with Gasteiger partial charge in [-0.25, -0.2) is 0 Å². The molecule has 1 aromatic heterocycles. The molecule has 2 aromatic rings. The van der Waals surface area contributed by atoms with Crippen LogP contribution in [0.1, 0.15) is 45.4 Å². The van der Waals surface area contributed by atoms with Gasteiger partial charge in [0.2, 0.25) is 0 Å². The fourth-order valence-electron chi connectivity index (χ4n) is 3.69. The molecule has 2 aliphatic rings. The number of carbonyl (C=O) groups excluding carboxylic acids is 1. The molecular weight excluding hydrogens is 342 g/mol. The Morgan fingerprint density at radius 3 is 2.85 bits per heavy atom. The predicted octanol–water partition coefficient (Wildman–Crippen LogP) is 3.79. The van der Waals surface area contributed by atoms with Gasteiger partial charge in [0.05, 0.1) is 4.88 Å². The van der Waals surface area contributed by atoms with Crippen LogP contribution in [-0.4, -0.2) is 36.5 Å². The maximum absolute atomic E-state index is 12.5. The number of aryl methyl sites for hydroxylation is 1. The summed E-state index contributed by atoms with van der Waals surface area (Å²) in [6.07, 6.45) is 2.69. The lowest BCUT2D eigenvalue weighted by atomic mass is 10.2. The molecule has 4 rings (SSSR count). The highest BCUT2D eigenvalue weighted by Gasteiger charge is 2.34. The van der Waals surface area contributed by atoms with Crippen molar-refractivity contribution in [2.45, 2.75) is 45.8 Å². The number of nitrogens with one attached hydrogen (secondary N) is 1. The van der Waals surface area contributed by atoms with E-state index in [1.165, 1.54) is 34.5 Å². The van der Waals surface area contributed by atoms with Crippen LogP contribution in [0, 0.1) is 6.92 Å². The third-order valence-corrected chi connectivity index (χ3v) is 6.48. The van der Waals surface area contributed by atoms with Crippen LogP contribution >= 0.6 is 11.3 Å². The Bertz CT molecular complexity index is 773. The number of fused-ring (bicyclic) bond motifs is 1. The van der Waals surface area contributed by atoms with Gasteiger partial charge in [0.15, 0.2) is 0 Å². The van der Waals surface area contributed by atoms with Crippen molar-refractivity contribution in [3.05, 3.63) is 51.2 Å². The van der Waals surface area contributed by atoms with Crippen molar-refractivity contribution in [3.8, 4) is 0 Å². The topological polar surface area (TPSA) is 35.6 Å². The Morgan fingerprint density at radius 2 is 2.15 bits per heavy atom. The summed E-state index contributed by atoms with van der Waals surface area (Å²) < 4.78 is 0. The molecule has 1 aliphatic carbocycles. The summed E-state index contributed by atoms with van der Waals surface area (Å²) in [5, 5.41) is 3.10. The molecule has 1 saturated carbocycles. The maximum atomic E-state index is 12.5. The van der Waals surface area contributed by atoms with Gasteiger partial charge in [0.25, 0.3) is 5.91 Å². The molecule has 138 valence electrons. The number of hydrogen-bond acceptors (Lipinski definition) is 4. The van der Waals surface area contributed by atoms with E-state index in [9.17, 15) is 4.79 Å². The van der Waals surface area contributed by atoms with Gasteiger partial charge in [-0.2, -0.15) is 0 Å². The van der Waals surface area contributed by atoms with E-state index >= 15 is 0 Å². The van der Waals surface area contributed by atoms with E-state index in [2.05, 4.69) is 59.3 Å². The summed E-state index contributed by atoms with van der Waals surface area (Å²) >= 11 is 1.67. The lowest BCUT2D eigenvalue weighted by molar-refractivity contribution is 0.0958. The highest BCUT2D eigenvalue weighted by atomic mass is 32.1. The molecule has 4 nitrogen and oxygen atoms in total. The van der Waals surface area contributed by atoms with Gasteiger partial charge in [0, 0.05) is 49.3 Å². The second kappa shape index (κ2) is 7.41. The van der Waals surface area contributed by atoms with Crippen LogP contribution < -0.4 is 10.2 Å². The summed E-state index contributed by atoms with van der Waals surface area (Å²) in [4.78, 5) is 19.6. The average Bonchev–Trinajstić information content (AvgIpc) is 3.28. The molecule has 0 atom stereocenters. The van der Waals surface area contributed by atoms with Crippen molar-refractivity contribution in [1.29, 1.82) is 0 Å². The van der Waals surface area contributed by atoms with Gasteiger partial charge < -0.3 is 10.2 Å². The molecule has 0 radical (unpaired) electrons. The number of hydrogen-bond donors (Lipinski definition) is 1. The summed E-state index contributed by atoms with van der Waals surface area (Å²) in [6.45, 7) is 8.75. The van der Waals surface area contributed by atoms with E-state index < -0.39 is 0 Å². The first-order valence-corrected chi connectivity index (χ1v) is 10.4. The Morgan fingerprint density at radius 1 is 1.31 bits per heavy atom. The normalized spacial score (nSPS) is 16.5. The molecule has 1 aromatic carbocycles. The first-order chi connectivity index (χ1) is 12.6. The van der Waals surface area contributed by atoms with Crippen LogP contribution in [0.25, 0.3) is 0 Å². The molecule has 1 fully saturated rings. The van der Waals surface area contributed by atoms with E-state index in [1.807, 2.05) is 0 Å². The first kappa shape index (κ1) is 17.6. The van der Waals surface area contributed by atoms with Crippen LogP contribution in [0.5, 0.6) is 0 Å². The monoisotopic (exact) mass is 369 g/mol. The van der Waals surface area contributed by atoms with Crippen molar-refractivity contribution in [3.63, 3.8) is 0 Å². The largest absolute Gasteiger partial charge is 0.370 e. The number of benzene rings is 1. The number of rotatable bonds is 7. The Hall–Kier alpha value is -1.85. The molecular formula is C21H27N3OS. The smallest absolute Gasteiger partial charge is 0.261 e. The zero-order chi connectivity index (χ0) is 18.1. The number of likely N-dealkylation sites (N-methyl/N-ethyl adjacent to an activating group) is 1. The van der Waals surface area contributed by atoms with Crippen molar-refractivity contribution < 1.29 is 4.79 Å². The summed E-state index contributed by atoms with van der Waals surface area (Å²) in [5.41, 5.74) is 3.84. The van der Waals surface area contributed by atoms with Gasteiger partial charge in [0.1, 0.15) is 0 Å². The average molecular weight is 370 g/mol. The SMILES string of the molecule is CCN(CCNC(=O)c1cc2c(s1)CN(C1CC1)C2)c1cccc(C)c1. The van der Waals surface area contributed by atoms with Crippen molar-refractivity contribution in [2.75, 3.05) is 24.5 Å². The van der Waals surface area contributed by atoms with E-state index in [-0.39, 0.29) is 5.91 Å². The summed E-state index contributed by atoms with van der Waals surface area (Å²) in [7, 11) is 0. The van der Waals surface area contributed by atoms with Gasteiger partial charge in [-0.3, -0.25) is 9.69 Å². The van der Waals surface area contributed by atoms with Crippen LogP contribution in [0.15, 0.2) is 30.3 Å². The predicted molar refractivity (Wildman–Crippen MR) is 108 cm³/mol. The molecule has 1 N–H and O–H groups in total. The summed E-state index contributed by atoms with van der Waals surface area (Å²) in [6, 6.07) is 11.4. The quantitative estimate of drug-likeness (QED) is 0.806. The molecule has 0 unspecified atom stereocenters. The van der Waals surface area contributed by atoms with Crippen LogP contribution in [-0.2, 0) is 13.1 Å². The van der Waals surface area contributed by atoms with Crippen molar-refractivity contribution >= 4 is 22.9 Å². The maximum Gasteiger partial charge on any atom is 0.261 e. The molecule has 0 bridgehead atoms. The molecule has 1 amide bonds. The minimum Gasteiger partial charge on any atom is -0.370 e. The molecule has 2 heterocycles. The van der Waals surface area contributed by atoms with Gasteiger partial charge in [-0.1, -0.05) is 12.1 Å². The minimum atomic E-state index is 0.0719. The Balaban J connectivity index is 1.29. The van der Waals surface area contributed by atoms with Crippen molar-refractivity contribution in [1.82, 2.24) is 10.2 Å². The number of amides is 1. The Kier molecular flexibility index (Phi) is 5.00. The minimum absolute atomic E-state index is 0.0719. The zero-order valence-electron chi connectivity index (χ0n) is 15.6. The van der Waals surface area contributed by atoms with E-state index in [1.54, 1.807) is 11.3 Å². The van der Waals surface area contributed by atoms with E-state index in [0.717, 1.165) is 37.1 Å². The van der Waals surface area contributed by atoms with Gasteiger partial charge in [-0.05, 0) is 56.0 Å². The van der Waals surface area contributed by atoms with E-state index in [4.69, 9.17) is 0 Å². The molecule has 26 heavy (non-hydrogen) atoms. The third-order valence-electron chi connectivity index (χ3n) is 5.32. The second-order valence-electron chi connectivity index (χ2n) is 7.37.